The molecule has 3 N–H and O–H groups in total. The van der Waals surface area contributed by atoms with Crippen molar-refractivity contribution in [2.75, 3.05) is 6.54 Å². The van der Waals surface area contributed by atoms with Gasteiger partial charge in [0, 0.05) is 18.7 Å². The van der Waals surface area contributed by atoms with Crippen LogP contribution in [0.1, 0.15) is 5.56 Å². The molecule has 0 bridgehead atoms. The van der Waals surface area contributed by atoms with E-state index in [4.69, 9.17) is 5.73 Å². The van der Waals surface area contributed by atoms with E-state index < -0.39 is 5.91 Å². The molecule has 4 heteroatoms. The molecule has 4 nitrogen and oxygen atoms in total. The summed E-state index contributed by atoms with van der Waals surface area (Å²) >= 11 is 0. The summed E-state index contributed by atoms with van der Waals surface area (Å²) in [5, 5.41) is 2.65. The van der Waals surface area contributed by atoms with Gasteiger partial charge in [0.05, 0.1) is 0 Å². The van der Waals surface area contributed by atoms with Crippen molar-refractivity contribution in [1.82, 2.24) is 5.32 Å². The number of carbonyl (C=O) groups excluding carboxylic acids is 2. The van der Waals surface area contributed by atoms with Gasteiger partial charge in [-0.3, -0.25) is 9.59 Å². The average molecular weight is 218 g/mol. The third-order valence-electron chi connectivity index (χ3n) is 1.95. The van der Waals surface area contributed by atoms with E-state index in [1.165, 1.54) is 0 Å². The van der Waals surface area contributed by atoms with Crippen molar-refractivity contribution < 1.29 is 9.59 Å². The first-order chi connectivity index (χ1) is 7.68. The topological polar surface area (TPSA) is 72.2 Å². The third-order valence-corrected chi connectivity index (χ3v) is 1.95. The molecule has 1 aromatic carbocycles. The number of hydrogen-bond donors (Lipinski definition) is 2. The van der Waals surface area contributed by atoms with Gasteiger partial charge in [-0.2, -0.15) is 0 Å². The SMILES string of the molecule is NC(=O)/C=C/C(=O)NCCc1ccccc1. The Morgan fingerprint density at radius 2 is 1.88 bits per heavy atom. The fraction of sp³-hybridized carbons (Fsp3) is 0.167. The molecule has 0 aliphatic rings. The van der Waals surface area contributed by atoms with Crippen molar-refractivity contribution in [3.8, 4) is 0 Å². The molecule has 84 valence electrons. The summed E-state index contributed by atoms with van der Waals surface area (Å²) in [5.41, 5.74) is 6.01. The van der Waals surface area contributed by atoms with Crippen molar-refractivity contribution >= 4 is 11.8 Å². The predicted octanol–water partition coefficient (Wildman–Crippen LogP) is 0.387. The molecule has 0 fully saturated rings. The molecule has 0 spiro atoms. The number of nitrogens with one attached hydrogen (secondary N) is 1. The van der Waals surface area contributed by atoms with Gasteiger partial charge < -0.3 is 11.1 Å². The minimum Gasteiger partial charge on any atom is -0.366 e. The zero-order chi connectivity index (χ0) is 11.8. The van der Waals surface area contributed by atoms with Crippen LogP contribution < -0.4 is 11.1 Å². The monoisotopic (exact) mass is 218 g/mol. The number of carbonyl (C=O) groups is 2. The molecule has 0 saturated heterocycles. The van der Waals surface area contributed by atoms with E-state index >= 15 is 0 Å². The molecule has 0 radical (unpaired) electrons. The van der Waals surface area contributed by atoms with E-state index in [-0.39, 0.29) is 5.91 Å². The molecule has 1 rings (SSSR count). The Bertz CT molecular complexity index is 385. The standard InChI is InChI=1S/C12H14N2O2/c13-11(15)6-7-12(16)14-9-8-10-4-2-1-3-5-10/h1-7H,8-9H2,(H2,13,15)(H,14,16)/b7-6+. The minimum absolute atomic E-state index is 0.310. The van der Waals surface area contributed by atoms with Crippen molar-refractivity contribution in [3.63, 3.8) is 0 Å². The van der Waals surface area contributed by atoms with Gasteiger partial charge in [-0.25, -0.2) is 0 Å². The van der Waals surface area contributed by atoms with Gasteiger partial charge in [0.2, 0.25) is 11.8 Å². The predicted molar refractivity (Wildman–Crippen MR) is 61.5 cm³/mol. The molecular weight excluding hydrogens is 204 g/mol. The highest BCUT2D eigenvalue weighted by Crippen LogP contribution is 1.97. The van der Waals surface area contributed by atoms with Crippen molar-refractivity contribution in [3.05, 3.63) is 48.0 Å². The molecule has 0 aliphatic heterocycles. The number of hydrogen-bond acceptors (Lipinski definition) is 2. The number of rotatable bonds is 5. The first kappa shape index (κ1) is 12.0. The van der Waals surface area contributed by atoms with Crippen molar-refractivity contribution in [1.29, 1.82) is 0 Å². The van der Waals surface area contributed by atoms with Crippen LogP contribution in [0, 0.1) is 0 Å². The fourth-order valence-electron chi connectivity index (χ4n) is 1.19. The van der Waals surface area contributed by atoms with Crippen LogP contribution in [0.4, 0.5) is 0 Å². The van der Waals surface area contributed by atoms with Gasteiger partial charge in [-0.05, 0) is 12.0 Å². The maximum absolute atomic E-state index is 11.1. The smallest absolute Gasteiger partial charge is 0.244 e. The lowest BCUT2D eigenvalue weighted by atomic mass is 10.1. The molecule has 16 heavy (non-hydrogen) atoms. The van der Waals surface area contributed by atoms with Gasteiger partial charge in [-0.1, -0.05) is 30.3 Å². The van der Waals surface area contributed by atoms with Crippen LogP contribution in [0.2, 0.25) is 0 Å². The summed E-state index contributed by atoms with van der Waals surface area (Å²) in [6.45, 7) is 0.534. The van der Waals surface area contributed by atoms with E-state index in [2.05, 4.69) is 5.32 Å². The molecule has 1 aromatic rings. The normalized spacial score (nSPS) is 10.2. The van der Waals surface area contributed by atoms with Gasteiger partial charge in [0.25, 0.3) is 0 Å². The first-order valence-corrected chi connectivity index (χ1v) is 4.98. The average Bonchev–Trinajstić information content (AvgIpc) is 2.28. The van der Waals surface area contributed by atoms with Crippen molar-refractivity contribution in [2.45, 2.75) is 6.42 Å². The Kier molecular flexibility index (Phi) is 4.79. The molecule has 0 saturated carbocycles. The Balaban J connectivity index is 2.26. The molecule has 0 aliphatic carbocycles. The van der Waals surface area contributed by atoms with Crippen LogP contribution in [0.5, 0.6) is 0 Å². The van der Waals surface area contributed by atoms with Gasteiger partial charge >= 0.3 is 0 Å². The van der Waals surface area contributed by atoms with E-state index in [0.29, 0.717) is 6.54 Å². The van der Waals surface area contributed by atoms with Crippen LogP contribution in [0.25, 0.3) is 0 Å². The highest BCUT2D eigenvalue weighted by Gasteiger charge is 1.96. The van der Waals surface area contributed by atoms with E-state index in [0.717, 1.165) is 24.1 Å². The largest absolute Gasteiger partial charge is 0.366 e. The second kappa shape index (κ2) is 6.40. The summed E-state index contributed by atoms with van der Waals surface area (Å²) in [4.78, 5) is 21.5. The maximum Gasteiger partial charge on any atom is 0.244 e. The Morgan fingerprint density at radius 1 is 1.19 bits per heavy atom. The van der Waals surface area contributed by atoms with E-state index in [1.807, 2.05) is 30.3 Å². The lowest BCUT2D eigenvalue weighted by Gasteiger charge is -2.01. The summed E-state index contributed by atoms with van der Waals surface area (Å²) in [6, 6.07) is 9.82. The zero-order valence-electron chi connectivity index (χ0n) is 8.85. The second-order valence-corrected chi connectivity index (χ2v) is 3.26. The zero-order valence-corrected chi connectivity index (χ0v) is 8.85. The molecule has 2 amide bonds. The molecule has 0 unspecified atom stereocenters. The summed E-state index contributed by atoms with van der Waals surface area (Å²) in [7, 11) is 0. The number of nitrogens with two attached hydrogens (primary N) is 1. The van der Waals surface area contributed by atoms with Crippen LogP contribution >= 0.6 is 0 Å². The van der Waals surface area contributed by atoms with Crippen LogP contribution in [0.15, 0.2) is 42.5 Å². The lowest BCUT2D eigenvalue weighted by molar-refractivity contribution is -0.117. The highest BCUT2D eigenvalue weighted by atomic mass is 16.2. The second-order valence-electron chi connectivity index (χ2n) is 3.26. The van der Waals surface area contributed by atoms with Gasteiger partial charge in [0.1, 0.15) is 0 Å². The van der Waals surface area contributed by atoms with Crippen molar-refractivity contribution in [2.24, 2.45) is 5.73 Å². The summed E-state index contributed by atoms with van der Waals surface area (Å²) < 4.78 is 0. The highest BCUT2D eigenvalue weighted by molar-refractivity contribution is 5.95. The molecule has 0 atom stereocenters. The molecular formula is C12H14N2O2. The summed E-state index contributed by atoms with van der Waals surface area (Å²) in [5.74, 6) is -0.937. The van der Waals surface area contributed by atoms with Crippen LogP contribution in [-0.4, -0.2) is 18.4 Å². The minimum atomic E-state index is -0.627. The Hall–Kier alpha value is -2.10. The van der Waals surface area contributed by atoms with Gasteiger partial charge in [-0.15, -0.1) is 0 Å². The number of primary amides is 1. The van der Waals surface area contributed by atoms with E-state index in [9.17, 15) is 9.59 Å². The number of benzene rings is 1. The van der Waals surface area contributed by atoms with Crippen LogP contribution in [0.3, 0.4) is 0 Å². The fourth-order valence-corrected chi connectivity index (χ4v) is 1.19. The lowest BCUT2D eigenvalue weighted by Crippen LogP contribution is -2.24. The molecule has 0 aromatic heterocycles. The van der Waals surface area contributed by atoms with Crippen LogP contribution in [-0.2, 0) is 16.0 Å². The summed E-state index contributed by atoms with van der Waals surface area (Å²) in [6.07, 6.45) is 2.93. The van der Waals surface area contributed by atoms with Gasteiger partial charge in [0.15, 0.2) is 0 Å². The quantitative estimate of drug-likeness (QED) is 0.701. The Labute approximate surface area is 94.1 Å². The number of amides is 2. The van der Waals surface area contributed by atoms with E-state index in [1.54, 1.807) is 0 Å². The first-order valence-electron chi connectivity index (χ1n) is 4.98. The molecule has 0 heterocycles. The maximum atomic E-state index is 11.1. The third kappa shape index (κ3) is 4.95. The Morgan fingerprint density at radius 3 is 2.50 bits per heavy atom.